The Bertz CT molecular complexity index is 53.3. The molecule has 13 heavy (non-hydrogen) atoms. The Morgan fingerprint density at radius 1 is 0.538 bits per heavy atom. The monoisotopic (exact) mass is 390 g/mol. The van der Waals surface area contributed by atoms with Crippen LogP contribution in [0.1, 0.15) is 25.7 Å². The smallest absolute Gasteiger partial charge is 0.662 e. The molecule has 5 heteroatoms. The van der Waals surface area contributed by atoms with Gasteiger partial charge < -0.3 is 10.6 Å². The summed E-state index contributed by atoms with van der Waals surface area (Å²) in [4.78, 5) is 0. The molecular weight excluding hydrogens is 375 g/mol. The van der Waals surface area contributed by atoms with Crippen molar-refractivity contribution < 1.29 is 26.2 Å². The minimum absolute atomic E-state index is 0. The minimum atomic E-state index is 0. The molecule has 2 heterocycles. The van der Waals surface area contributed by atoms with E-state index in [-0.39, 0.29) is 60.2 Å². The zero-order valence-corrected chi connectivity index (χ0v) is 13.8. The van der Waals surface area contributed by atoms with E-state index in [9.17, 15) is 0 Å². The third-order valence-corrected chi connectivity index (χ3v) is 1.76. The normalized spacial score (nSPS) is 18.5. The van der Waals surface area contributed by atoms with E-state index in [0.29, 0.717) is 0 Å². The van der Waals surface area contributed by atoms with Crippen molar-refractivity contribution in [3.63, 3.8) is 0 Å². The van der Waals surface area contributed by atoms with Crippen molar-refractivity contribution in [1.29, 1.82) is 0 Å². The molecule has 0 atom stereocenters. The van der Waals surface area contributed by atoms with E-state index >= 15 is 0 Å². The molecule has 2 nitrogen and oxygen atoms in total. The van der Waals surface area contributed by atoms with E-state index < -0.39 is 0 Å². The zero-order valence-electron chi connectivity index (χ0n) is 7.87. The molecule has 2 saturated heterocycles. The summed E-state index contributed by atoms with van der Waals surface area (Å²) in [6, 6.07) is 0. The van der Waals surface area contributed by atoms with Gasteiger partial charge in [0.25, 0.3) is 0 Å². The van der Waals surface area contributed by atoms with Gasteiger partial charge in [-0.15, -0.1) is 60.1 Å². The summed E-state index contributed by atoms with van der Waals surface area (Å²) in [5.74, 6) is 0. The van der Waals surface area contributed by atoms with Gasteiger partial charge in [-0.25, -0.2) is 0 Å². The van der Waals surface area contributed by atoms with Gasteiger partial charge in [-0.3, -0.25) is 0 Å². The maximum atomic E-state index is 4.08. The summed E-state index contributed by atoms with van der Waals surface area (Å²) in [7, 11) is 0. The molecule has 2 rings (SSSR count). The minimum Gasteiger partial charge on any atom is -0.662 e. The van der Waals surface area contributed by atoms with E-state index in [1.54, 1.807) is 0 Å². The molecular formula is C8H18Br2N2Zr. The van der Waals surface area contributed by atoms with Crippen LogP contribution in [0, 0.1) is 0 Å². The third-order valence-electron chi connectivity index (χ3n) is 1.76. The second kappa shape index (κ2) is 16.2. The average molecular weight is 393 g/mol. The Hall–Kier alpha value is 1.76. The molecule has 0 aliphatic carbocycles. The van der Waals surface area contributed by atoms with Crippen molar-refractivity contribution >= 4 is 34.0 Å². The Labute approximate surface area is 122 Å². The summed E-state index contributed by atoms with van der Waals surface area (Å²) < 4.78 is 0. The molecule has 78 valence electrons. The molecule has 2 fully saturated rings. The van der Waals surface area contributed by atoms with Crippen molar-refractivity contribution in [3.05, 3.63) is 10.6 Å². The number of hydrogen-bond acceptors (Lipinski definition) is 0. The first-order valence-electron chi connectivity index (χ1n) is 4.26. The summed E-state index contributed by atoms with van der Waals surface area (Å²) in [5, 5.41) is 8.17. The summed E-state index contributed by atoms with van der Waals surface area (Å²) >= 11 is 0. The maximum Gasteiger partial charge on any atom is 2.00 e. The Kier molecular flexibility index (Phi) is 25.2. The number of hydrogen-bond donors (Lipinski definition) is 0. The van der Waals surface area contributed by atoms with Crippen molar-refractivity contribution in [2.45, 2.75) is 25.7 Å². The van der Waals surface area contributed by atoms with Crippen molar-refractivity contribution in [2.75, 3.05) is 26.2 Å². The van der Waals surface area contributed by atoms with E-state index in [1.165, 1.54) is 25.7 Å². The van der Waals surface area contributed by atoms with Crippen LogP contribution in [0.15, 0.2) is 0 Å². The first-order chi connectivity index (χ1) is 5.00. The fourth-order valence-electron chi connectivity index (χ4n) is 1.12. The summed E-state index contributed by atoms with van der Waals surface area (Å²) in [6.07, 6.45) is 5.33. The summed E-state index contributed by atoms with van der Waals surface area (Å²) in [6.45, 7) is 4.50. The Morgan fingerprint density at radius 2 is 0.769 bits per heavy atom. The summed E-state index contributed by atoms with van der Waals surface area (Å²) in [5.41, 5.74) is 0. The number of rotatable bonds is 0. The first-order valence-corrected chi connectivity index (χ1v) is 4.26. The fraction of sp³-hybridized carbons (Fsp3) is 1.00. The first kappa shape index (κ1) is 20.2. The predicted octanol–water partition coefficient (Wildman–Crippen LogP) is 3.46. The molecule has 0 saturated carbocycles. The van der Waals surface area contributed by atoms with Crippen molar-refractivity contribution in [2.24, 2.45) is 0 Å². The van der Waals surface area contributed by atoms with Crippen molar-refractivity contribution in [3.8, 4) is 0 Å². The largest absolute Gasteiger partial charge is 2.00 e. The molecule has 0 aromatic heterocycles. The quantitative estimate of drug-likeness (QED) is 0.603. The van der Waals surface area contributed by atoms with E-state index in [0.717, 1.165) is 26.2 Å². The molecule has 0 spiro atoms. The maximum absolute atomic E-state index is 4.08. The second-order valence-electron chi connectivity index (χ2n) is 2.76. The Morgan fingerprint density at radius 3 is 0.846 bits per heavy atom. The van der Waals surface area contributed by atoms with Crippen LogP contribution in [0.2, 0.25) is 0 Å². The van der Waals surface area contributed by atoms with Gasteiger partial charge in [0, 0.05) is 0 Å². The van der Waals surface area contributed by atoms with Crippen LogP contribution in [0.3, 0.4) is 0 Å². The molecule has 0 aromatic carbocycles. The van der Waals surface area contributed by atoms with E-state index in [1.807, 2.05) is 0 Å². The molecule has 2 aliphatic heterocycles. The molecule has 0 amide bonds. The van der Waals surface area contributed by atoms with Gasteiger partial charge in [-0.05, 0) is 0 Å². The van der Waals surface area contributed by atoms with Crippen LogP contribution < -0.4 is 0 Å². The van der Waals surface area contributed by atoms with Crippen LogP contribution >= 0.6 is 34.0 Å². The Balaban J connectivity index is -0.000000125. The van der Waals surface area contributed by atoms with Crippen molar-refractivity contribution in [1.82, 2.24) is 0 Å². The van der Waals surface area contributed by atoms with Gasteiger partial charge in [-0.1, -0.05) is 25.7 Å². The molecule has 0 N–H and O–H groups in total. The molecule has 0 aromatic rings. The van der Waals surface area contributed by atoms with Gasteiger partial charge in [0.05, 0.1) is 0 Å². The molecule has 0 unspecified atom stereocenters. The van der Waals surface area contributed by atoms with Crippen LogP contribution in [-0.4, -0.2) is 26.2 Å². The second-order valence-corrected chi connectivity index (χ2v) is 2.76. The van der Waals surface area contributed by atoms with Crippen LogP contribution in [0.25, 0.3) is 10.6 Å². The topological polar surface area (TPSA) is 28.2 Å². The number of halogens is 2. The van der Waals surface area contributed by atoms with Gasteiger partial charge in [0.1, 0.15) is 0 Å². The van der Waals surface area contributed by atoms with Crippen LogP contribution in [0.5, 0.6) is 0 Å². The van der Waals surface area contributed by atoms with Gasteiger partial charge in [-0.2, -0.15) is 0 Å². The molecule has 2 aliphatic rings. The standard InChI is InChI=1S/2C4H8N.2BrH.Zr/c2*1-2-4-5-3-1;;;/h2*1-4H2;2*1H;/q2*-1;;;+2. The van der Waals surface area contributed by atoms with E-state index in [4.69, 9.17) is 0 Å². The predicted molar refractivity (Wildman–Crippen MR) is 65.3 cm³/mol. The molecule has 0 bridgehead atoms. The fourth-order valence-corrected chi connectivity index (χ4v) is 1.12. The third kappa shape index (κ3) is 13.8. The van der Waals surface area contributed by atoms with Crippen LogP contribution in [0.4, 0.5) is 0 Å². The molecule has 0 radical (unpaired) electrons. The average Bonchev–Trinajstić information content (AvgIpc) is 2.67. The van der Waals surface area contributed by atoms with E-state index in [2.05, 4.69) is 10.6 Å². The van der Waals surface area contributed by atoms with Gasteiger partial charge in [0.15, 0.2) is 0 Å². The van der Waals surface area contributed by atoms with Gasteiger partial charge in [0.2, 0.25) is 0 Å². The zero-order chi connectivity index (χ0) is 7.07. The SMILES string of the molecule is Br.Br.C1CC[N-]C1.C1CC[N-]C1.[Zr+2]. The van der Waals surface area contributed by atoms with Gasteiger partial charge >= 0.3 is 26.2 Å². The van der Waals surface area contributed by atoms with Crippen LogP contribution in [-0.2, 0) is 26.2 Å². The number of nitrogens with zero attached hydrogens (tertiary/aromatic N) is 2.